The number of aromatic hydroxyl groups is 3. The fourth-order valence-electron chi connectivity index (χ4n) is 5.57. The minimum absolute atomic E-state index is 0.0553. The molecule has 162 valence electrons. The van der Waals surface area contributed by atoms with Crippen molar-refractivity contribution in [3.63, 3.8) is 0 Å². The van der Waals surface area contributed by atoms with Gasteiger partial charge in [0.25, 0.3) is 0 Å². The molecule has 3 N–H and O–H groups in total. The first-order chi connectivity index (χ1) is 14.6. The normalized spacial score (nSPS) is 24.3. The zero-order chi connectivity index (χ0) is 22.1. The van der Waals surface area contributed by atoms with Gasteiger partial charge in [0.05, 0.1) is 0 Å². The third-order valence-corrected chi connectivity index (χ3v) is 7.23. The predicted molar refractivity (Wildman–Crippen MR) is 117 cm³/mol. The van der Waals surface area contributed by atoms with Crippen molar-refractivity contribution in [3.05, 3.63) is 46.1 Å². The SMILES string of the molecule is CC1(C)CCC[C@@]2(C)Oc3c(c(O)cc4oc(-c5ccc(O)c(O)c5)cc(=O)c34)C[C@H]12. The molecule has 1 fully saturated rings. The second-order valence-electron chi connectivity index (χ2n) is 9.77. The average Bonchev–Trinajstić information content (AvgIpc) is 2.68. The summed E-state index contributed by atoms with van der Waals surface area (Å²) in [6.07, 6.45) is 3.70. The van der Waals surface area contributed by atoms with Gasteiger partial charge in [-0.2, -0.15) is 0 Å². The summed E-state index contributed by atoms with van der Waals surface area (Å²) in [5.74, 6) is 0.364. The van der Waals surface area contributed by atoms with Crippen LogP contribution in [0.3, 0.4) is 0 Å². The van der Waals surface area contributed by atoms with Crippen LogP contribution >= 0.6 is 0 Å². The van der Waals surface area contributed by atoms with Crippen molar-refractivity contribution in [3.8, 4) is 34.3 Å². The third-order valence-electron chi connectivity index (χ3n) is 7.23. The van der Waals surface area contributed by atoms with E-state index in [-0.39, 0.29) is 45.4 Å². The number of benzene rings is 2. The Hall–Kier alpha value is -3.15. The molecule has 31 heavy (non-hydrogen) atoms. The molecule has 3 aromatic rings. The monoisotopic (exact) mass is 422 g/mol. The fraction of sp³-hybridized carbons (Fsp3) is 0.400. The van der Waals surface area contributed by atoms with Crippen LogP contribution in [0, 0.1) is 11.3 Å². The quantitative estimate of drug-likeness (QED) is 0.472. The highest BCUT2D eigenvalue weighted by molar-refractivity contribution is 5.88. The molecular formula is C25H26O6. The van der Waals surface area contributed by atoms with Gasteiger partial charge < -0.3 is 24.5 Å². The van der Waals surface area contributed by atoms with Gasteiger partial charge in [0.1, 0.15) is 33.8 Å². The van der Waals surface area contributed by atoms with Gasteiger partial charge in [-0.15, -0.1) is 0 Å². The second kappa shape index (κ2) is 6.42. The second-order valence-corrected chi connectivity index (χ2v) is 9.77. The first-order valence-electron chi connectivity index (χ1n) is 10.6. The van der Waals surface area contributed by atoms with Gasteiger partial charge in [-0.1, -0.05) is 13.8 Å². The number of ether oxygens (including phenoxy) is 1. The molecule has 2 aromatic carbocycles. The Kier molecular flexibility index (Phi) is 4.10. The predicted octanol–water partition coefficient (Wildman–Crippen LogP) is 5.10. The number of hydrogen-bond donors (Lipinski definition) is 3. The van der Waals surface area contributed by atoms with Crippen LogP contribution in [0.4, 0.5) is 0 Å². The molecule has 5 rings (SSSR count). The summed E-state index contributed by atoms with van der Waals surface area (Å²) >= 11 is 0. The molecule has 0 spiro atoms. The van der Waals surface area contributed by atoms with Crippen molar-refractivity contribution in [2.45, 2.75) is 52.1 Å². The Bertz CT molecular complexity index is 1270. The maximum Gasteiger partial charge on any atom is 0.197 e. The van der Waals surface area contributed by atoms with Crippen LogP contribution in [0.2, 0.25) is 0 Å². The van der Waals surface area contributed by atoms with Crippen molar-refractivity contribution in [1.29, 1.82) is 0 Å². The van der Waals surface area contributed by atoms with E-state index in [4.69, 9.17) is 9.15 Å². The molecule has 2 heterocycles. The lowest BCUT2D eigenvalue weighted by atomic mass is 9.59. The minimum atomic E-state index is -0.413. The van der Waals surface area contributed by atoms with E-state index < -0.39 is 5.60 Å². The summed E-state index contributed by atoms with van der Waals surface area (Å²) in [7, 11) is 0. The summed E-state index contributed by atoms with van der Waals surface area (Å²) in [5, 5.41) is 30.5. The summed E-state index contributed by atoms with van der Waals surface area (Å²) in [4.78, 5) is 13.2. The number of fused-ring (bicyclic) bond motifs is 4. The summed E-state index contributed by atoms with van der Waals surface area (Å²) in [6.45, 7) is 6.59. The van der Waals surface area contributed by atoms with E-state index >= 15 is 0 Å². The molecule has 2 aliphatic rings. The van der Waals surface area contributed by atoms with Crippen molar-refractivity contribution >= 4 is 11.0 Å². The zero-order valence-corrected chi connectivity index (χ0v) is 17.9. The van der Waals surface area contributed by atoms with Crippen molar-refractivity contribution in [2.75, 3.05) is 0 Å². The molecule has 0 radical (unpaired) electrons. The van der Waals surface area contributed by atoms with Gasteiger partial charge in [0.2, 0.25) is 0 Å². The Morgan fingerprint density at radius 1 is 0.968 bits per heavy atom. The van der Waals surface area contributed by atoms with Gasteiger partial charge in [0, 0.05) is 29.2 Å². The van der Waals surface area contributed by atoms with E-state index in [0.717, 1.165) is 19.3 Å². The van der Waals surface area contributed by atoms with Crippen LogP contribution in [-0.4, -0.2) is 20.9 Å². The smallest absolute Gasteiger partial charge is 0.197 e. The number of phenols is 3. The number of rotatable bonds is 1. The molecule has 2 atom stereocenters. The van der Waals surface area contributed by atoms with Crippen molar-refractivity contribution < 1.29 is 24.5 Å². The van der Waals surface area contributed by atoms with E-state index in [1.807, 2.05) is 0 Å². The minimum Gasteiger partial charge on any atom is -0.507 e. The van der Waals surface area contributed by atoms with Crippen molar-refractivity contribution in [2.24, 2.45) is 11.3 Å². The lowest BCUT2D eigenvalue weighted by Gasteiger charge is -2.53. The molecule has 1 aliphatic heterocycles. The number of hydrogen-bond acceptors (Lipinski definition) is 6. The largest absolute Gasteiger partial charge is 0.507 e. The van der Waals surface area contributed by atoms with Crippen molar-refractivity contribution in [1.82, 2.24) is 0 Å². The highest BCUT2D eigenvalue weighted by atomic mass is 16.5. The molecule has 1 aromatic heterocycles. The van der Waals surface area contributed by atoms with Gasteiger partial charge in [-0.05, 0) is 56.2 Å². The highest BCUT2D eigenvalue weighted by Gasteiger charge is 2.51. The Balaban J connectivity index is 1.70. The molecular weight excluding hydrogens is 396 g/mol. The molecule has 0 unspecified atom stereocenters. The van der Waals surface area contributed by atoms with E-state index in [1.54, 1.807) is 6.07 Å². The first kappa shape index (κ1) is 19.8. The lowest BCUT2D eigenvalue weighted by molar-refractivity contribution is -0.0810. The lowest BCUT2D eigenvalue weighted by Crippen LogP contribution is -2.54. The number of phenolic OH excluding ortho intramolecular Hbond substituents is 3. The molecule has 6 heteroatoms. The van der Waals surface area contributed by atoms with Crippen LogP contribution in [0.1, 0.15) is 45.6 Å². The Labute approximate surface area is 179 Å². The van der Waals surface area contributed by atoms with Crippen LogP contribution in [0.5, 0.6) is 23.0 Å². The Morgan fingerprint density at radius 3 is 2.48 bits per heavy atom. The first-order valence-corrected chi connectivity index (χ1v) is 10.6. The molecule has 0 bridgehead atoms. The van der Waals surface area contributed by atoms with Gasteiger partial charge in [-0.3, -0.25) is 4.79 Å². The van der Waals surface area contributed by atoms with Crippen LogP contribution in [0.15, 0.2) is 39.5 Å². The maximum absolute atomic E-state index is 13.2. The van der Waals surface area contributed by atoms with Gasteiger partial charge in [0.15, 0.2) is 16.9 Å². The Morgan fingerprint density at radius 2 is 1.74 bits per heavy atom. The van der Waals surface area contributed by atoms with Crippen LogP contribution in [-0.2, 0) is 6.42 Å². The van der Waals surface area contributed by atoms with E-state index in [1.165, 1.54) is 24.3 Å². The van der Waals surface area contributed by atoms with Gasteiger partial charge >= 0.3 is 0 Å². The standard InChI is InChI=1S/C25H26O6/c1-24(2)7-4-8-25(3)21(24)10-14-16(27)11-20-22(23(14)31-25)18(29)12-19(30-20)13-5-6-15(26)17(28)9-13/h5-6,9,11-12,21,26-28H,4,7-8,10H2,1-3H3/t21-,25-/m1/s1. The molecule has 1 aliphatic carbocycles. The fourth-order valence-corrected chi connectivity index (χ4v) is 5.57. The molecule has 0 amide bonds. The van der Waals surface area contributed by atoms with E-state index in [9.17, 15) is 20.1 Å². The third kappa shape index (κ3) is 2.96. The molecule has 6 nitrogen and oxygen atoms in total. The maximum atomic E-state index is 13.2. The van der Waals surface area contributed by atoms with Crippen LogP contribution < -0.4 is 10.2 Å². The van der Waals surface area contributed by atoms with E-state index in [0.29, 0.717) is 28.7 Å². The molecule has 0 saturated heterocycles. The highest BCUT2D eigenvalue weighted by Crippen LogP contribution is 2.55. The zero-order valence-electron chi connectivity index (χ0n) is 17.9. The summed E-state index contributed by atoms with van der Waals surface area (Å²) < 4.78 is 12.5. The average molecular weight is 422 g/mol. The van der Waals surface area contributed by atoms with E-state index in [2.05, 4.69) is 20.8 Å². The topological polar surface area (TPSA) is 100 Å². The van der Waals surface area contributed by atoms with Crippen LogP contribution in [0.25, 0.3) is 22.3 Å². The summed E-state index contributed by atoms with van der Waals surface area (Å²) in [6, 6.07) is 7.02. The molecule has 1 saturated carbocycles. The van der Waals surface area contributed by atoms with Gasteiger partial charge in [-0.25, -0.2) is 0 Å². The summed E-state index contributed by atoms with van der Waals surface area (Å²) in [5.41, 5.74) is 0.701.